The lowest BCUT2D eigenvalue weighted by molar-refractivity contribution is 0.154. The second-order valence-corrected chi connectivity index (χ2v) is 7.97. The van der Waals surface area contributed by atoms with E-state index < -0.39 is 10.0 Å². The standard InChI is InChI=1S/C13H27N3O2S/c1-12(2)15-7-9-16(10-8-15)19(17,18)11-13-5-3-4-6-14-13/h12-14H,3-11H2,1-2H3. The zero-order valence-corrected chi connectivity index (χ0v) is 13.0. The van der Waals surface area contributed by atoms with Crippen LogP contribution in [0.1, 0.15) is 33.1 Å². The lowest BCUT2D eigenvalue weighted by Gasteiger charge is -2.37. The SMILES string of the molecule is CC(C)N1CCN(S(=O)(=O)CC2CCCCN2)CC1. The third-order valence-corrected chi connectivity index (χ3v) is 6.20. The molecule has 2 rings (SSSR count). The molecule has 0 radical (unpaired) electrons. The molecule has 2 aliphatic heterocycles. The summed E-state index contributed by atoms with van der Waals surface area (Å²) in [6, 6.07) is 0.659. The van der Waals surface area contributed by atoms with Gasteiger partial charge in [-0.3, -0.25) is 4.90 Å². The van der Waals surface area contributed by atoms with Crippen LogP contribution in [-0.2, 0) is 10.0 Å². The van der Waals surface area contributed by atoms with Gasteiger partial charge in [-0.15, -0.1) is 0 Å². The highest BCUT2D eigenvalue weighted by atomic mass is 32.2. The van der Waals surface area contributed by atoms with E-state index in [4.69, 9.17) is 0 Å². The molecule has 5 nitrogen and oxygen atoms in total. The van der Waals surface area contributed by atoms with Crippen molar-refractivity contribution in [2.24, 2.45) is 0 Å². The van der Waals surface area contributed by atoms with Crippen LogP contribution in [0.4, 0.5) is 0 Å². The molecule has 2 heterocycles. The maximum absolute atomic E-state index is 12.4. The van der Waals surface area contributed by atoms with E-state index in [1.54, 1.807) is 4.31 Å². The van der Waals surface area contributed by atoms with Gasteiger partial charge < -0.3 is 5.32 Å². The van der Waals surface area contributed by atoms with Crippen LogP contribution >= 0.6 is 0 Å². The summed E-state index contributed by atoms with van der Waals surface area (Å²) in [6.45, 7) is 8.29. The Kier molecular flexibility index (Phi) is 5.22. The number of piperazine rings is 1. The van der Waals surface area contributed by atoms with Gasteiger partial charge in [0, 0.05) is 38.3 Å². The van der Waals surface area contributed by atoms with Crippen LogP contribution in [0, 0.1) is 0 Å². The summed E-state index contributed by atoms with van der Waals surface area (Å²) in [5.74, 6) is 0.272. The first kappa shape index (κ1) is 15.2. The van der Waals surface area contributed by atoms with E-state index >= 15 is 0 Å². The monoisotopic (exact) mass is 289 g/mol. The molecule has 112 valence electrons. The molecule has 2 fully saturated rings. The number of rotatable bonds is 4. The fourth-order valence-corrected chi connectivity index (χ4v) is 4.65. The van der Waals surface area contributed by atoms with Crippen molar-refractivity contribution in [3.8, 4) is 0 Å². The normalized spacial score (nSPS) is 27.8. The highest BCUT2D eigenvalue weighted by Gasteiger charge is 2.30. The molecule has 0 aromatic rings. The van der Waals surface area contributed by atoms with Gasteiger partial charge in [0.05, 0.1) is 5.75 Å². The van der Waals surface area contributed by atoms with Crippen molar-refractivity contribution in [3.05, 3.63) is 0 Å². The Labute approximate surface area is 117 Å². The fourth-order valence-electron chi connectivity index (χ4n) is 2.92. The van der Waals surface area contributed by atoms with Gasteiger partial charge in [-0.25, -0.2) is 8.42 Å². The average molecular weight is 289 g/mol. The van der Waals surface area contributed by atoms with Crippen molar-refractivity contribution >= 4 is 10.0 Å². The number of sulfonamides is 1. The molecule has 2 aliphatic rings. The summed E-state index contributed by atoms with van der Waals surface area (Å²) < 4.78 is 26.5. The van der Waals surface area contributed by atoms with Gasteiger partial charge in [-0.2, -0.15) is 4.31 Å². The van der Waals surface area contributed by atoms with Gasteiger partial charge in [0.1, 0.15) is 0 Å². The van der Waals surface area contributed by atoms with E-state index in [0.717, 1.165) is 32.5 Å². The van der Waals surface area contributed by atoms with Crippen molar-refractivity contribution in [1.82, 2.24) is 14.5 Å². The molecule has 1 unspecified atom stereocenters. The zero-order valence-electron chi connectivity index (χ0n) is 12.1. The Morgan fingerprint density at radius 3 is 2.37 bits per heavy atom. The molecule has 0 aliphatic carbocycles. The topological polar surface area (TPSA) is 52.7 Å². The Balaban J connectivity index is 1.86. The lowest BCUT2D eigenvalue weighted by Crippen LogP contribution is -2.53. The van der Waals surface area contributed by atoms with E-state index in [1.165, 1.54) is 6.42 Å². The third-order valence-electron chi connectivity index (χ3n) is 4.22. The maximum atomic E-state index is 12.4. The van der Waals surface area contributed by atoms with Gasteiger partial charge in [-0.1, -0.05) is 6.42 Å². The first-order valence-corrected chi connectivity index (χ1v) is 9.05. The quantitative estimate of drug-likeness (QED) is 0.818. The number of hydrogen-bond donors (Lipinski definition) is 1. The van der Waals surface area contributed by atoms with E-state index in [0.29, 0.717) is 19.1 Å². The van der Waals surface area contributed by atoms with E-state index in [-0.39, 0.29) is 11.8 Å². The Bertz CT molecular complexity index is 369. The largest absolute Gasteiger partial charge is 0.313 e. The molecule has 19 heavy (non-hydrogen) atoms. The molecule has 1 N–H and O–H groups in total. The molecule has 2 saturated heterocycles. The number of hydrogen-bond acceptors (Lipinski definition) is 4. The predicted molar refractivity (Wildman–Crippen MR) is 77.7 cm³/mol. The van der Waals surface area contributed by atoms with Crippen LogP contribution in [0.3, 0.4) is 0 Å². The highest BCUT2D eigenvalue weighted by molar-refractivity contribution is 7.89. The first-order chi connectivity index (χ1) is 8.99. The minimum Gasteiger partial charge on any atom is -0.313 e. The summed E-state index contributed by atoms with van der Waals surface area (Å²) in [7, 11) is -3.09. The zero-order chi connectivity index (χ0) is 13.9. The van der Waals surface area contributed by atoms with Crippen molar-refractivity contribution in [3.63, 3.8) is 0 Å². The second-order valence-electron chi connectivity index (χ2n) is 5.95. The van der Waals surface area contributed by atoms with Gasteiger partial charge in [-0.05, 0) is 33.2 Å². The third kappa shape index (κ3) is 4.15. The van der Waals surface area contributed by atoms with Crippen LogP contribution in [0.2, 0.25) is 0 Å². The Hall–Kier alpha value is -0.170. The minimum atomic E-state index is -3.09. The van der Waals surface area contributed by atoms with Gasteiger partial charge in [0.25, 0.3) is 0 Å². The molecular formula is C13H27N3O2S. The Morgan fingerprint density at radius 2 is 1.84 bits per heavy atom. The van der Waals surface area contributed by atoms with Crippen LogP contribution < -0.4 is 5.32 Å². The van der Waals surface area contributed by atoms with Crippen molar-refractivity contribution < 1.29 is 8.42 Å². The molecule has 0 spiro atoms. The maximum Gasteiger partial charge on any atom is 0.215 e. The van der Waals surface area contributed by atoms with Crippen LogP contribution in [0.5, 0.6) is 0 Å². The summed E-state index contributed by atoms with van der Waals surface area (Å²) in [4.78, 5) is 2.34. The smallest absolute Gasteiger partial charge is 0.215 e. The fraction of sp³-hybridized carbons (Fsp3) is 1.00. The van der Waals surface area contributed by atoms with Gasteiger partial charge in [0.2, 0.25) is 10.0 Å². The van der Waals surface area contributed by atoms with Crippen LogP contribution in [0.25, 0.3) is 0 Å². The first-order valence-electron chi connectivity index (χ1n) is 7.44. The molecule has 6 heteroatoms. The van der Waals surface area contributed by atoms with Crippen molar-refractivity contribution in [2.45, 2.75) is 45.2 Å². The number of nitrogens with one attached hydrogen (secondary N) is 1. The second kappa shape index (κ2) is 6.52. The molecular weight excluding hydrogens is 262 g/mol. The van der Waals surface area contributed by atoms with Gasteiger partial charge >= 0.3 is 0 Å². The van der Waals surface area contributed by atoms with E-state index in [9.17, 15) is 8.42 Å². The Morgan fingerprint density at radius 1 is 1.16 bits per heavy atom. The highest BCUT2D eigenvalue weighted by Crippen LogP contribution is 2.14. The molecule has 0 saturated carbocycles. The summed E-state index contributed by atoms with van der Waals surface area (Å²) in [5, 5.41) is 3.33. The van der Waals surface area contributed by atoms with Crippen LogP contribution in [0.15, 0.2) is 0 Å². The number of piperidine rings is 1. The molecule has 0 bridgehead atoms. The number of nitrogens with zero attached hydrogens (tertiary/aromatic N) is 2. The van der Waals surface area contributed by atoms with Crippen molar-refractivity contribution in [2.75, 3.05) is 38.5 Å². The lowest BCUT2D eigenvalue weighted by atomic mass is 10.1. The average Bonchev–Trinajstić information content (AvgIpc) is 2.39. The molecule has 0 amide bonds. The molecule has 1 atom stereocenters. The summed E-state index contributed by atoms with van der Waals surface area (Å²) >= 11 is 0. The van der Waals surface area contributed by atoms with E-state index in [2.05, 4.69) is 24.1 Å². The van der Waals surface area contributed by atoms with Crippen molar-refractivity contribution in [1.29, 1.82) is 0 Å². The predicted octanol–water partition coefficient (Wildman–Crippen LogP) is 0.484. The minimum absolute atomic E-state index is 0.155. The molecule has 0 aromatic heterocycles. The van der Waals surface area contributed by atoms with Crippen LogP contribution in [-0.4, -0.2) is 68.2 Å². The summed E-state index contributed by atoms with van der Waals surface area (Å²) in [5.41, 5.74) is 0. The summed E-state index contributed by atoms with van der Waals surface area (Å²) in [6.07, 6.45) is 3.31. The van der Waals surface area contributed by atoms with E-state index in [1.807, 2.05) is 0 Å². The molecule has 0 aromatic carbocycles. The van der Waals surface area contributed by atoms with Gasteiger partial charge in [0.15, 0.2) is 0 Å².